The van der Waals surface area contributed by atoms with Gasteiger partial charge in [-0.05, 0) is 19.3 Å². The molecule has 0 aromatic rings. The van der Waals surface area contributed by atoms with E-state index in [0.29, 0.717) is 12.6 Å². The minimum Gasteiger partial charge on any atom is -0.396 e. The minimum atomic E-state index is 0. The molecule has 0 saturated carbocycles. The van der Waals surface area contributed by atoms with Crippen molar-refractivity contribution in [3.05, 3.63) is 0 Å². The first-order valence-electron chi connectivity index (χ1n) is 8.20. The van der Waals surface area contributed by atoms with E-state index in [-0.39, 0.29) is 36.5 Å². The molecule has 2 fully saturated rings. The number of hydrogen-bond donors (Lipinski definition) is 2. The Hall–Kier alpha value is -0.120. The Morgan fingerprint density at radius 1 is 1.36 bits per heavy atom. The van der Waals surface area contributed by atoms with Crippen molar-refractivity contribution in [2.45, 2.75) is 26.3 Å². The van der Waals surface area contributed by atoms with Crippen LogP contribution in [-0.4, -0.2) is 86.0 Å². The molecule has 7 heteroatoms. The van der Waals surface area contributed by atoms with Crippen LogP contribution in [0.5, 0.6) is 0 Å². The van der Waals surface area contributed by atoms with E-state index >= 15 is 0 Å². The average molecular weight is 426 g/mol. The summed E-state index contributed by atoms with van der Waals surface area (Å²) in [5.74, 6) is 1.21. The highest BCUT2D eigenvalue weighted by atomic mass is 127. The third-order valence-corrected chi connectivity index (χ3v) is 4.22. The summed E-state index contributed by atoms with van der Waals surface area (Å²) >= 11 is 0. The summed E-state index contributed by atoms with van der Waals surface area (Å²) in [5.41, 5.74) is 0. The molecular formula is C15H31IN4O2. The summed E-state index contributed by atoms with van der Waals surface area (Å²) < 4.78 is 5.43. The lowest BCUT2D eigenvalue weighted by molar-refractivity contribution is 0.0195. The van der Waals surface area contributed by atoms with Gasteiger partial charge >= 0.3 is 0 Å². The number of morpholine rings is 1. The summed E-state index contributed by atoms with van der Waals surface area (Å²) in [7, 11) is 0. The van der Waals surface area contributed by atoms with E-state index in [0.717, 1.165) is 51.9 Å². The second kappa shape index (κ2) is 10.6. The first-order chi connectivity index (χ1) is 10.2. The Balaban J connectivity index is 0.00000242. The molecule has 0 radical (unpaired) electrons. The first kappa shape index (κ1) is 19.9. The van der Waals surface area contributed by atoms with Crippen LogP contribution < -0.4 is 5.32 Å². The van der Waals surface area contributed by atoms with Gasteiger partial charge in [0, 0.05) is 51.9 Å². The van der Waals surface area contributed by atoms with Crippen LogP contribution in [0.1, 0.15) is 20.3 Å². The predicted octanol–water partition coefficient (Wildman–Crippen LogP) is 0.605. The molecule has 2 heterocycles. The number of aliphatic imine (C=N–C) groups is 1. The lowest BCUT2D eigenvalue weighted by Crippen LogP contribution is -2.46. The number of ether oxygens (including phenoxy) is 1. The van der Waals surface area contributed by atoms with E-state index in [2.05, 4.69) is 27.0 Å². The molecule has 2 rings (SSSR count). The van der Waals surface area contributed by atoms with Crippen LogP contribution in [0.15, 0.2) is 4.99 Å². The molecular weight excluding hydrogens is 395 g/mol. The molecule has 0 aromatic heterocycles. The molecule has 2 atom stereocenters. The number of nitrogens with zero attached hydrogens (tertiary/aromatic N) is 3. The Morgan fingerprint density at radius 2 is 2.09 bits per heavy atom. The van der Waals surface area contributed by atoms with Crippen LogP contribution in [0.4, 0.5) is 0 Å². The number of aliphatic hydroxyl groups excluding tert-OH is 1. The largest absolute Gasteiger partial charge is 0.396 e. The fraction of sp³-hybridized carbons (Fsp3) is 0.933. The average Bonchev–Trinajstić information content (AvgIpc) is 3.01. The van der Waals surface area contributed by atoms with Gasteiger partial charge in [-0.1, -0.05) is 6.92 Å². The molecule has 0 aromatic carbocycles. The number of aliphatic hydroxyl groups is 1. The van der Waals surface area contributed by atoms with E-state index in [9.17, 15) is 0 Å². The summed E-state index contributed by atoms with van der Waals surface area (Å²) in [5, 5.41) is 12.5. The van der Waals surface area contributed by atoms with E-state index in [1.807, 2.05) is 6.92 Å². The Bertz CT molecular complexity index is 338. The van der Waals surface area contributed by atoms with Crippen LogP contribution in [0.25, 0.3) is 0 Å². The minimum absolute atomic E-state index is 0. The number of guanidine groups is 1. The maximum atomic E-state index is 9.13. The van der Waals surface area contributed by atoms with Crippen LogP contribution in [-0.2, 0) is 4.74 Å². The Kier molecular flexibility index (Phi) is 9.62. The van der Waals surface area contributed by atoms with Gasteiger partial charge in [0.2, 0.25) is 0 Å². The quantitative estimate of drug-likeness (QED) is 0.383. The van der Waals surface area contributed by atoms with Gasteiger partial charge in [-0.3, -0.25) is 9.89 Å². The van der Waals surface area contributed by atoms with Crippen molar-refractivity contribution in [3.8, 4) is 0 Å². The number of hydrogen-bond acceptors (Lipinski definition) is 4. The van der Waals surface area contributed by atoms with E-state index < -0.39 is 0 Å². The normalized spacial score (nSPS) is 25.0. The molecule has 0 aliphatic carbocycles. The smallest absolute Gasteiger partial charge is 0.193 e. The van der Waals surface area contributed by atoms with Gasteiger partial charge in [0.25, 0.3) is 0 Å². The second-order valence-corrected chi connectivity index (χ2v) is 6.02. The second-order valence-electron chi connectivity index (χ2n) is 6.02. The van der Waals surface area contributed by atoms with Crippen LogP contribution in [0.3, 0.4) is 0 Å². The lowest BCUT2D eigenvalue weighted by Gasteiger charge is -2.32. The third kappa shape index (κ3) is 5.82. The van der Waals surface area contributed by atoms with Crippen molar-refractivity contribution in [1.29, 1.82) is 0 Å². The van der Waals surface area contributed by atoms with Crippen LogP contribution >= 0.6 is 24.0 Å². The topological polar surface area (TPSA) is 60.3 Å². The highest BCUT2D eigenvalue weighted by Gasteiger charge is 2.30. The van der Waals surface area contributed by atoms with Crippen molar-refractivity contribution in [3.63, 3.8) is 0 Å². The molecule has 2 saturated heterocycles. The van der Waals surface area contributed by atoms with Gasteiger partial charge < -0.3 is 20.1 Å². The molecule has 0 amide bonds. The number of halogens is 1. The maximum Gasteiger partial charge on any atom is 0.193 e. The Labute approximate surface area is 151 Å². The van der Waals surface area contributed by atoms with Crippen molar-refractivity contribution < 1.29 is 9.84 Å². The molecule has 6 nitrogen and oxygen atoms in total. The summed E-state index contributed by atoms with van der Waals surface area (Å²) in [4.78, 5) is 9.57. The summed E-state index contributed by atoms with van der Waals surface area (Å²) in [6.07, 6.45) is 1.19. The molecule has 22 heavy (non-hydrogen) atoms. The van der Waals surface area contributed by atoms with Gasteiger partial charge in [0.1, 0.15) is 0 Å². The van der Waals surface area contributed by atoms with Gasteiger partial charge in [0.15, 0.2) is 5.96 Å². The van der Waals surface area contributed by atoms with E-state index in [4.69, 9.17) is 9.84 Å². The molecule has 0 spiro atoms. The van der Waals surface area contributed by atoms with Crippen LogP contribution in [0.2, 0.25) is 0 Å². The first-order valence-corrected chi connectivity index (χ1v) is 8.20. The van der Waals surface area contributed by atoms with Crippen molar-refractivity contribution >= 4 is 29.9 Å². The predicted molar refractivity (Wildman–Crippen MR) is 100 cm³/mol. The number of likely N-dealkylation sites (tertiary alicyclic amines) is 1. The lowest BCUT2D eigenvalue weighted by atomic mass is 10.2. The molecule has 2 aliphatic heterocycles. The summed E-state index contributed by atoms with van der Waals surface area (Å²) in [6.45, 7) is 11.8. The van der Waals surface area contributed by atoms with Crippen LogP contribution in [0, 0.1) is 5.92 Å². The third-order valence-electron chi connectivity index (χ3n) is 4.22. The van der Waals surface area contributed by atoms with E-state index in [1.54, 1.807) is 0 Å². The van der Waals surface area contributed by atoms with E-state index in [1.165, 1.54) is 6.42 Å². The molecule has 2 N–H and O–H groups in total. The maximum absolute atomic E-state index is 9.13. The van der Waals surface area contributed by atoms with Gasteiger partial charge in [0.05, 0.1) is 13.2 Å². The number of rotatable bonds is 5. The fourth-order valence-corrected chi connectivity index (χ4v) is 2.90. The standard InChI is InChI=1S/C15H30N4O2.HI/c1-3-16-15(17-10-13(2)12-20)19-5-4-14(11-19)18-6-8-21-9-7-18;/h13-14,20H,3-12H2,1-2H3,(H,16,17);1H. The highest BCUT2D eigenvalue weighted by Crippen LogP contribution is 2.17. The molecule has 2 aliphatic rings. The monoisotopic (exact) mass is 426 g/mol. The Morgan fingerprint density at radius 3 is 2.73 bits per heavy atom. The molecule has 130 valence electrons. The number of nitrogens with one attached hydrogen (secondary N) is 1. The van der Waals surface area contributed by atoms with Gasteiger partial charge in [-0.25, -0.2) is 0 Å². The van der Waals surface area contributed by atoms with Crippen molar-refractivity contribution in [1.82, 2.24) is 15.1 Å². The molecule has 2 unspecified atom stereocenters. The van der Waals surface area contributed by atoms with Gasteiger partial charge in [-0.15, -0.1) is 24.0 Å². The zero-order valence-corrected chi connectivity index (χ0v) is 16.2. The molecule has 0 bridgehead atoms. The zero-order valence-electron chi connectivity index (χ0n) is 13.8. The van der Waals surface area contributed by atoms with Crippen molar-refractivity contribution in [2.24, 2.45) is 10.9 Å². The van der Waals surface area contributed by atoms with Gasteiger partial charge in [-0.2, -0.15) is 0 Å². The fourth-order valence-electron chi connectivity index (χ4n) is 2.90. The SMILES string of the molecule is CCNC(=NCC(C)CO)N1CCC(N2CCOCC2)C1.I. The summed E-state index contributed by atoms with van der Waals surface area (Å²) in [6, 6.07) is 0.619. The van der Waals surface area contributed by atoms with Crippen molar-refractivity contribution in [2.75, 3.05) is 59.1 Å². The zero-order chi connectivity index (χ0) is 15.1. The highest BCUT2D eigenvalue weighted by molar-refractivity contribution is 14.0.